The van der Waals surface area contributed by atoms with E-state index in [2.05, 4.69) is 5.32 Å². The first-order chi connectivity index (χ1) is 6.34. The highest BCUT2D eigenvalue weighted by molar-refractivity contribution is 5.67. The molecule has 3 unspecified atom stereocenters. The van der Waals surface area contributed by atoms with Crippen LogP contribution in [0.3, 0.4) is 0 Å². The molecular formula is C10H19NO3. The monoisotopic (exact) mass is 201 g/mol. The summed E-state index contributed by atoms with van der Waals surface area (Å²) in [6.07, 6.45) is 0.580. The van der Waals surface area contributed by atoms with E-state index in [0.717, 1.165) is 6.42 Å². The van der Waals surface area contributed by atoms with Gasteiger partial charge in [0, 0.05) is 17.5 Å². The number of carbonyl (C=O) groups is 1. The van der Waals surface area contributed by atoms with Gasteiger partial charge >= 0.3 is 5.97 Å². The van der Waals surface area contributed by atoms with Crippen LogP contribution in [0, 0.1) is 5.41 Å². The summed E-state index contributed by atoms with van der Waals surface area (Å²) >= 11 is 0. The van der Waals surface area contributed by atoms with Gasteiger partial charge in [-0.15, -0.1) is 0 Å². The normalized spacial score (nSPS) is 32.0. The lowest BCUT2D eigenvalue weighted by atomic mass is 9.64. The lowest BCUT2D eigenvalue weighted by Gasteiger charge is -2.50. The SMILES string of the molecule is CC(CC(=O)O)NC1CC(O)C1(C)C. The third-order valence-corrected chi connectivity index (χ3v) is 3.18. The molecule has 0 bridgehead atoms. The fourth-order valence-electron chi connectivity index (χ4n) is 1.85. The van der Waals surface area contributed by atoms with E-state index in [0.29, 0.717) is 0 Å². The molecule has 1 aliphatic rings. The predicted molar refractivity (Wildman–Crippen MR) is 53.0 cm³/mol. The van der Waals surface area contributed by atoms with Crippen molar-refractivity contribution in [3.05, 3.63) is 0 Å². The number of aliphatic carboxylic acids is 1. The third kappa shape index (κ3) is 2.25. The zero-order valence-electron chi connectivity index (χ0n) is 8.95. The van der Waals surface area contributed by atoms with E-state index < -0.39 is 5.97 Å². The van der Waals surface area contributed by atoms with Crippen LogP contribution >= 0.6 is 0 Å². The average Bonchev–Trinajstić information content (AvgIpc) is 2.02. The van der Waals surface area contributed by atoms with Gasteiger partial charge in [0.1, 0.15) is 0 Å². The Balaban J connectivity index is 2.36. The van der Waals surface area contributed by atoms with Crippen LogP contribution in [-0.4, -0.2) is 34.4 Å². The van der Waals surface area contributed by atoms with Crippen LogP contribution in [0.4, 0.5) is 0 Å². The summed E-state index contributed by atoms with van der Waals surface area (Å²) in [5.41, 5.74) is -0.132. The average molecular weight is 201 g/mol. The lowest BCUT2D eigenvalue weighted by Crippen LogP contribution is -2.61. The Hall–Kier alpha value is -0.610. The highest BCUT2D eigenvalue weighted by atomic mass is 16.4. The summed E-state index contributed by atoms with van der Waals surface area (Å²) in [7, 11) is 0. The minimum atomic E-state index is -0.789. The summed E-state index contributed by atoms with van der Waals surface area (Å²) in [5, 5.41) is 21.3. The largest absolute Gasteiger partial charge is 0.481 e. The van der Waals surface area contributed by atoms with Crippen molar-refractivity contribution in [1.29, 1.82) is 0 Å². The molecule has 82 valence electrons. The van der Waals surface area contributed by atoms with Crippen LogP contribution in [0.1, 0.15) is 33.6 Å². The van der Waals surface area contributed by atoms with Gasteiger partial charge in [0.05, 0.1) is 12.5 Å². The minimum Gasteiger partial charge on any atom is -0.481 e. The number of nitrogens with one attached hydrogen (secondary N) is 1. The molecule has 4 heteroatoms. The van der Waals surface area contributed by atoms with E-state index in [1.165, 1.54) is 0 Å². The summed E-state index contributed by atoms with van der Waals surface area (Å²) < 4.78 is 0. The second kappa shape index (κ2) is 3.87. The van der Waals surface area contributed by atoms with Crippen molar-refractivity contribution in [3.63, 3.8) is 0 Å². The molecule has 0 heterocycles. The summed E-state index contributed by atoms with van der Waals surface area (Å²) in [4.78, 5) is 10.4. The van der Waals surface area contributed by atoms with Crippen molar-refractivity contribution >= 4 is 5.97 Å². The highest BCUT2D eigenvalue weighted by Gasteiger charge is 2.47. The molecule has 0 aromatic carbocycles. The first kappa shape index (κ1) is 11.5. The molecule has 4 nitrogen and oxygen atoms in total. The summed E-state index contributed by atoms with van der Waals surface area (Å²) in [6, 6.07) is 0.191. The van der Waals surface area contributed by atoms with Gasteiger partial charge in [0.2, 0.25) is 0 Å². The number of hydrogen-bond donors (Lipinski definition) is 3. The standard InChI is InChI=1S/C10H19NO3/c1-6(4-9(13)14)11-7-5-8(12)10(7,2)3/h6-8,11-12H,4-5H2,1-3H3,(H,13,14). The maximum Gasteiger partial charge on any atom is 0.304 e. The van der Waals surface area contributed by atoms with Crippen molar-refractivity contribution < 1.29 is 15.0 Å². The van der Waals surface area contributed by atoms with E-state index >= 15 is 0 Å². The number of carboxylic acids is 1. The number of aliphatic hydroxyl groups is 1. The maximum atomic E-state index is 10.4. The molecular weight excluding hydrogens is 182 g/mol. The van der Waals surface area contributed by atoms with E-state index in [4.69, 9.17) is 5.11 Å². The molecule has 3 atom stereocenters. The van der Waals surface area contributed by atoms with Crippen molar-refractivity contribution in [2.45, 2.75) is 51.8 Å². The molecule has 14 heavy (non-hydrogen) atoms. The minimum absolute atomic E-state index is 0.0377. The van der Waals surface area contributed by atoms with E-state index in [-0.39, 0.29) is 30.0 Å². The highest BCUT2D eigenvalue weighted by Crippen LogP contribution is 2.40. The van der Waals surface area contributed by atoms with Crippen LogP contribution in [-0.2, 0) is 4.79 Å². The van der Waals surface area contributed by atoms with Gasteiger partial charge in [-0.1, -0.05) is 13.8 Å². The molecule has 0 saturated heterocycles. The molecule has 1 fully saturated rings. The predicted octanol–water partition coefficient (Wildman–Crippen LogP) is 0.599. The number of carboxylic acid groups (broad SMARTS) is 1. The zero-order valence-corrected chi connectivity index (χ0v) is 8.95. The molecule has 0 aromatic rings. The quantitative estimate of drug-likeness (QED) is 0.623. The van der Waals surface area contributed by atoms with Crippen molar-refractivity contribution in [2.24, 2.45) is 5.41 Å². The molecule has 0 spiro atoms. The van der Waals surface area contributed by atoms with Gasteiger partial charge in [-0.05, 0) is 13.3 Å². The molecule has 1 saturated carbocycles. The van der Waals surface area contributed by atoms with Crippen LogP contribution in [0.2, 0.25) is 0 Å². The van der Waals surface area contributed by atoms with Gasteiger partial charge in [-0.3, -0.25) is 4.79 Å². The molecule has 1 rings (SSSR count). The zero-order chi connectivity index (χ0) is 10.9. The molecule has 0 amide bonds. The van der Waals surface area contributed by atoms with Gasteiger partial charge < -0.3 is 15.5 Å². The molecule has 3 N–H and O–H groups in total. The Morgan fingerprint density at radius 3 is 2.57 bits per heavy atom. The fraction of sp³-hybridized carbons (Fsp3) is 0.900. The van der Waals surface area contributed by atoms with Gasteiger partial charge in [-0.25, -0.2) is 0 Å². The number of hydrogen-bond acceptors (Lipinski definition) is 3. The second-order valence-corrected chi connectivity index (χ2v) is 4.79. The molecule has 0 aromatic heterocycles. The van der Waals surface area contributed by atoms with Gasteiger partial charge in [0.15, 0.2) is 0 Å². The summed E-state index contributed by atoms with van der Waals surface area (Å²) in [6.45, 7) is 5.84. The Morgan fingerprint density at radius 2 is 2.21 bits per heavy atom. The van der Waals surface area contributed by atoms with E-state index in [1.807, 2.05) is 20.8 Å². The number of aliphatic hydroxyl groups excluding tert-OH is 1. The van der Waals surface area contributed by atoms with Crippen LogP contribution in [0.25, 0.3) is 0 Å². The van der Waals surface area contributed by atoms with Crippen molar-refractivity contribution in [3.8, 4) is 0 Å². The first-order valence-corrected chi connectivity index (χ1v) is 5.00. The number of rotatable bonds is 4. The van der Waals surface area contributed by atoms with E-state index in [1.54, 1.807) is 0 Å². The molecule has 0 aliphatic heterocycles. The van der Waals surface area contributed by atoms with Gasteiger partial charge in [0.25, 0.3) is 0 Å². The van der Waals surface area contributed by atoms with Crippen LogP contribution in [0.15, 0.2) is 0 Å². The Bertz CT molecular complexity index is 227. The third-order valence-electron chi connectivity index (χ3n) is 3.18. The summed E-state index contributed by atoms with van der Waals surface area (Å²) in [5.74, 6) is -0.789. The lowest BCUT2D eigenvalue weighted by molar-refractivity contribution is -0.138. The van der Waals surface area contributed by atoms with Crippen LogP contribution in [0.5, 0.6) is 0 Å². The second-order valence-electron chi connectivity index (χ2n) is 4.79. The van der Waals surface area contributed by atoms with Crippen molar-refractivity contribution in [2.75, 3.05) is 0 Å². The van der Waals surface area contributed by atoms with Crippen molar-refractivity contribution in [1.82, 2.24) is 5.32 Å². The van der Waals surface area contributed by atoms with Gasteiger partial charge in [-0.2, -0.15) is 0 Å². The molecule has 1 aliphatic carbocycles. The Kier molecular flexibility index (Phi) is 3.17. The molecule has 0 radical (unpaired) electrons. The smallest absolute Gasteiger partial charge is 0.304 e. The topological polar surface area (TPSA) is 69.6 Å². The Morgan fingerprint density at radius 1 is 1.64 bits per heavy atom. The Labute approximate surface area is 84.3 Å². The van der Waals surface area contributed by atoms with E-state index in [9.17, 15) is 9.90 Å². The van der Waals surface area contributed by atoms with Crippen LogP contribution < -0.4 is 5.32 Å². The maximum absolute atomic E-state index is 10.4. The fourth-order valence-corrected chi connectivity index (χ4v) is 1.85. The first-order valence-electron chi connectivity index (χ1n) is 5.00.